The number of fused-ring (bicyclic) bond motifs is 1. The zero-order valence-electron chi connectivity index (χ0n) is 11.2. The number of para-hydroxylation sites is 1. The predicted molar refractivity (Wildman–Crippen MR) is 88.6 cm³/mol. The number of hydrogen-bond acceptors (Lipinski definition) is 3. The van der Waals surface area contributed by atoms with Gasteiger partial charge < -0.3 is 10.2 Å². The van der Waals surface area contributed by atoms with Crippen LogP contribution in [0.15, 0.2) is 68.4 Å². The molecule has 0 amide bonds. The van der Waals surface area contributed by atoms with Crippen LogP contribution in [0, 0.1) is 0 Å². The second-order valence-electron chi connectivity index (χ2n) is 4.76. The Morgan fingerprint density at radius 1 is 1.14 bits per heavy atom. The fraction of sp³-hybridized carbons (Fsp3) is 0.125. The first-order valence-electron chi connectivity index (χ1n) is 6.51. The standard InChI is InChI=1S/C16H14BrNO2S/c17-12-5-3-6-13(9-12)21(19)10-14(18)16-8-11-4-1-2-7-15(11)20-16/h1-9,14H,10,18H2. The molecule has 21 heavy (non-hydrogen) atoms. The van der Waals surface area contributed by atoms with Crippen molar-refractivity contribution >= 4 is 37.7 Å². The Bertz CT molecular complexity index is 767. The van der Waals surface area contributed by atoms with Gasteiger partial charge in [0, 0.05) is 14.8 Å². The molecule has 1 heterocycles. The van der Waals surface area contributed by atoms with Crippen LogP contribution in [0.2, 0.25) is 0 Å². The minimum Gasteiger partial charge on any atom is -0.459 e. The predicted octanol–water partition coefficient (Wildman–Crippen LogP) is 4.00. The van der Waals surface area contributed by atoms with Crippen molar-refractivity contribution in [3.8, 4) is 0 Å². The van der Waals surface area contributed by atoms with E-state index in [-0.39, 0.29) is 0 Å². The van der Waals surface area contributed by atoms with Crippen molar-refractivity contribution in [3.05, 3.63) is 64.8 Å². The van der Waals surface area contributed by atoms with E-state index in [1.807, 2.05) is 54.6 Å². The lowest BCUT2D eigenvalue weighted by Crippen LogP contribution is -2.17. The highest BCUT2D eigenvalue weighted by atomic mass is 79.9. The smallest absolute Gasteiger partial charge is 0.134 e. The molecule has 2 aromatic carbocycles. The van der Waals surface area contributed by atoms with Crippen LogP contribution >= 0.6 is 15.9 Å². The second kappa shape index (κ2) is 6.13. The number of hydrogen-bond donors (Lipinski definition) is 1. The summed E-state index contributed by atoms with van der Waals surface area (Å²) in [6.07, 6.45) is 0. The summed E-state index contributed by atoms with van der Waals surface area (Å²) in [6, 6.07) is 16.7. The second-order valence-corrected chi connectivity index (χ2v) is 7.17. The molecule has 3 nitrogen and oxygen atoms in total. The van der Waals surface area contributed by atoms with Crippen molar-refractivity contribution in [2.45, 2.75) is 10.9 Å². The quantitative estimate of drug-likeness (QED) is 0.761. The maximum absolute atomic E-state index is 12.4. The third kappa shape index (κ3) is 3.26. The van der Waals surface area contributed by atoms with Gasteiger partial charge in [0.05, 0.1) is 22.6 Å². The zero-order valence-corrected chi connectivity index (χ0v) is 13.6. The molecular formula is C16H14BrNO2S. The zero-order chi connectivity index (χ0) is 14.8. The van der Waals surface area contributed by atoms with Crippen molar-refractivity contribution in [1.82, 2.24) is 0 Å². The van der Waals surface area contributed by atoms with Gasteiger partial charge in [-0.1, -0.05) is 40.2 Å². The van der Waals surface area contributed by atoms with Gasteiger partial charge in [-0.2, -0.15) is 0 Å². The number of nitrogens with two attached hydrogens (primary N) is 1. The first kappa shape index (κ1) is 14.5. The van der Waals surface area contributed by atoms with Crippen LogP contribution in [0.4, 0.5) is 0 Å². The normalized spacial score (nSPS) is 14.2. The molecule has 0 saturated heterocycles. The first-order chi connectivity index (χ1) is 10.1. The summed E-state index contributed by atoms with van der Waals surface area (Å²) in [5, 5.41) is 1.01. The van der Waals surface area contributed by atoms with Crippen LogP contribution in [0.25, 0.3) is 11.0 Å². The molecule has 2 unspecified atom stereocenters. The van der Waals surface area contributed by atoms with Gasteiger partial charge >= 0.3 is 0 Å². The van der Waals surface area contributed by atoms with Gasteiger partial charge in [-0.3, -0.25) is 4.21 Å². The maximum atomic E-state index is 12.4. The van der Waals surface area contributed by atoms with E-state index in [1.165, 1.54) is 0 Å². The van der Waals surface area contributed by atoms with Crippen LogP contribution in [-0.4, -0.2) is 9.96 Å². The molecule has 0 fully saturated rings. The van der Waals surface area contributed by atoms with Crippen LogP contribution < -0.4 is 5.73 Å². The Morgan fingerprint density at radius 3 is 2.71 bits per heavy atom. The topological polar surface area (TPSA) is 56.2 Å². The van der Waals surface area contributed by atoms with Crippen LogP contribution in [0.1, 0.15) is 11.8 Å². The Kier molecular flexibility index (Phi) is 4.24. The summed E-state index contributed by atoms with van der Waals surface area (Å²) < 4.78 is 19.0. The highest BCUT2D eigenvalue weighted by Gasteiger charge is 2.16. The van der Waals surface area contributed by atoms with Crippen molar-refractivity contribution in [3.63, 3.8) is 0 Å². The monoisotopic (exact) mass is 363 g/mol. The minimum absolute atomic E-state index is 0.330. The molecule has 1 aromatic heterocycles. The molecule has 5 heteroatoms. The van der Waals surface area contributed by atoms with Gasteiger partial charge in [-0.15, -0.1) is 0 Å². The molecule has 2 atom stereocenters. The molecule has 0 radical (unpaired) electrons. The Balaban J connectivity index is 1.79. The van der Waals surface area contributed by atoms with E-state index in [4.69, 9.17) is 10.2 Å². The fourth-order valence-corrected chi connectivity index (χ4v) is 3.86. The van der Waals surface area contributed by atoms with Gasteiger partial charge in [0.1, 0.15) is 11.3 Å². The van der Waals surface area contributed by atoms with E-state index in [1.54, 1.807) is 0 Å². The van der Waals surface area contributed by atoms with E-state index in [2.05, 4.69) is 15.9 Å². The van der Waals surface area contributed by atoms with Crippen LogP contribution in [0.5, 0.6) is 0 Å². The molecule has 0 bridgehead atoms. The molecule has 0 saturated carbocycles. The van der Waals surface area contributed by atoms with Crippen molar-refractivity contribution < 1.29 is 8.63 Å². The average Bonchev–Trinajstić information content (AvgIpc) is 2.91. The third-order valence-corrected chi connectivity index (χ3v) is 5.13. The lowest BCUT2D eigenvalue weighted by molar-refractivity contribution is 0.513. The average molecular weight is 364 g/mol. The van der Waals surface area contributed by atoms with Gasteiger partial charge in [-0.05, 0) is 30.3 Å². The number of rotatable bonds is 4. The van der Waals surface area contributed by atoms with E-state index < -0.39 is 16.8 Å². The number of furan rings is 1. The molecular weight excluding hydrogens is 350 g/mol. The van der Waals surface area contributed by atoms with E-state index in [0.717, 1.165) is 20.3 Å². The van der Waals surface area contributed by atoms with Crippen LogP contribution in [-0.2, 0) is 10.8 Å². The fourth-order valence-electron chi connectivity index (χ4n) is 2.14. The molecule has 108 valence electrons. The first-order valence-corrected chi connectivity index (χ1v) is 8.62. The van der Waals surface area contributed by atoms with Crippen LogP contribution in [0.3, 0.4) is 0 Å². The number of halogens is 1. The minimum atomic E-state index is -1.16. The molecule has 3 rings (SSSR count). The lowest BCUT2D eigenvalue weighted by atomic mass is 10.2. The maximum Gasteiger partial charge on any atom is 0.134 e. The van der Waals surface area contributed by atoms with Crippen molar-refractivity contribution in [2.24, 2.45) is 5.73 Å². The highest BCUT2D eigenvalue weighted by molar-refractivity contribution is 9.10. The summed E-state index contributed by atoms with van der Waals surface area (Å²) in [5.74, 6) is 0.996. The van der Waals surface area contributed by atoms with Gasteiger partial charge in [-0.25, -0.2) is 0 Å². The Morgan fingerprint density at radius 2 is 1.95 bits per heavy atom. The summed E-state index contributed by atoms with van der Waals surface area (Å²) >= 11 is 3.38. The van der Waals surface area contributed by atoms with E-state index in [0.29, 0.717) is 11.5 Å². The van der Waals surface area contributed by atoms with Crippen molar-refractivity contribution in [2.75, 3.05) is 5.75 Å². The van der Waals surface area contributed by atoms with E-state index >= 15 is 0 Å². The molecule has 0 aliphatic rings. The Hall–Kier alpha value is -1.43. The highest BCUT2D eigenvalue weighted by Crippen LogP contribution is 2.24. The Labute approximate surface area is 133 Å². The molecule has 2 N–H and O–H groups in total. The number of benzene rings is 2. The summed E-state index contributed by atoms with van der Waals surface area (Å²) in [4.78, 5) is 0.760. The lowest BCUT2D eigenvalue weighted by Gasteiger charge is -2.08. The SMILES string of the molecule is NC(CS(=O)c1cccc(Br)c1)c1cc2ccccc2o1. The van der Waals surface area contributed by atoms with Gasteiger partial charge in [0.15, 0.2) is 0 Å². The molecule has 0 aliphatic carbocycles. The van der Waals surface area contributed by atoms with Gasteiger partial charge in [0.25, 0.3) is 0 Å². The molecule has 0 aliphatic heterocycles. The van der Waals surface area contributed by atoms with Crippen molar-refractivity contribution in [1.29, 1.82) is 0 Å². The largest absolute Gasteiger partial charge is 0.459 e. The van der Waals surface area contributed by atoms with E-state index in [9.17, 15) is 4.21 Å². The summed E-state index contributed by atoms with van der Waals surface area (Å²) in [7, 11) is -1.16. The molecule has 0 spiro atoms. The van der Waals surface area contributed by atoms with Gasteiger partial charge in [0.2, 0.25) is 0 Å². The summed E-state index contributed by atoms with van der Waals surface area (Å²) in [6.45, 7) is 0. The summed E-state index contributed by atoms with van der Waals surface area (Å²) in [5.41, 5.74) is 6.94. The molecule has 3 aromatic rings. The third-order valence-electron chi connectivity index (χ3n) is 3.20.